The van der Waals surface area contributed by atoms with Crippen molar-refractivity contribution in [2.45, 2.75) is 18.9 Å². The van der Waals surface area contributed by atoms with Gasteiger partial charge in [-0.1, -0.05) is 42.5 Å². The lowest BCUT2D eigenvalue weighted by Gasteiger charge is -2.43. The number of piperidine rings is 1. The third-order valence-corrected chi connectivity index (χ3v) is 5.69. The van der Waals surface area contributed by atoms with Gasteiger partial charge in [-0.25, -0.2) is 0 Å². The molecule has 8 heteroatoms. The van der Waals surface area contributed by atoms with E-state index < -0.39 is 17.5 Å². The van der Waals surface area contributed by atoms with Crippen molar-refractivity contribution < 1.29 is 19.8 Å². The number of aliphatic hydroxyl groups is 1. The Balaban J connectivity index is 1.66. The molecule has 0 spiro atoms. The number of nitrogens with zero attached hydrogens (tertiary/aromatic N) is 4. The second-order valence-corrected chi connectivity index (χ2v) is 7.54. The number of carboxylic acid groups (broad SMARTS) is 1. The Kier molecular flexibility index (Phi) is 5.33. The van der Waals surface area contributed by atoms with E-state index >= 15 is 0 Å². The number of aliphatic carboxylic acids is 1. The molecule has 1 aromatic heterocycles. The summed E-state index contributed by atoms with van der Waals surface area (Å²) in [5, 5.41) is 28.3. The summed E-state index contributed by atoms with van der Waals surface area (Å²) in [4.78, 5) is 27.2. The molecule has 2 heterocycles. The fraction of sp³-hybridized carbons (Fsp3) is 0.273. The number of aliphatic hydroxyl groups excluding tert-OH is 1. The average Bonchev–Trinajstić information content (AvgIpc) is 3.30. The first-order valence-corrected chi connectivity index (χ1v) is 9.70. The van der Waals surface area contributed by atoms with Gasteiger partial charge in [0.1, 0.15) is 18.1 Å². The van der Waals surface area contributed by atoms with Crippen molar-refractivity contribution in [1.82, 2.24) is 19.7 Å². The van der Waals surface area contributed by atoms with Gasteiger partial charge in [-0.05, 0) is 30.5 Å². The first kappa shape index (κ1) is 19.8. The van der Waals surface area contributed by atoms with E-state index in [0.29, 0.717) is 11.3 Å². The van der Waals surface area contributed by atoms with Crippen LogP contribution in [0.4, 0.5) is 0 Å². The molecule has 8 nitrogen and oxygen atoms in total. The maximum Gasteiger partial charge on any atom is 0.314 e. The van der Waals surface area contributed by atoms with Gasteiger partial charge in [0.05, 0.1) is 17.4 Å². The molecular formula is C22H22N4O4. The predicted octanol–water partition coefficient (Wildman–Crippen LogP) is 1.79. The van der Waals surface area contributed by atoms with Crippen LogP contribution in [0.5, 0.6) is 0 Å². The number of carbonyl (C=O) groups excluding carboxylic acids is 1. The molecule has 1 aliphatic heterocycles. The standard InChI is InChI=1S/C22H22N4O4/c27-19-10-11-25(13-22(19,21(29)30)12-16-6-2-1-3-7-16)20(28)17-8-4-5-9-18(17)26-14-23-24-15-26/h1-9,14-15,19,27H,10-13H2,(H,29,30)/t19-,22-/m0/s1. The number of amides is 1. The van der Waals surface area contributed by atoms with E-state index in [1.165, 1.54) is 17.6 Å². The summed E-state index contributed by atoms with van der Waals surface area (Å²) in [5.41, 5.74) is 0.370. The zero-order chi connectivity index (χ0) is 21.1. The van der Waals surface area contributed by atoms with Gasteiger partial charge in [-0.15, -0.1) is 10.2 Å². The van der Waals surface area contributed by atoms with E-state index in [0.717, 1.165) is 5.56 Å². The zero-order valence-corrected chi connectivity index (χ0v) is 16.3. The molecule has 154 valence electrons. The van der Waals surface area contributed by atoms with Gasteiger partial charge in [0.15, 0.2) is 0 Å². The molecule has 30 heavy (non-hydrogen) atoms. The molecule has 1 saturated heterocycles. The van der Waals surface area contributed by atoms with Crippen LogP contribution in [-0.4, -0.2) is 60.9 Å². The topological polar surface area (TPSA) is 109 Å². The van der Waals surface area contributed by atoms with E-state index in [1.54, 1.807) is 22.8 Å². The highest BCUT2D eigenvalue weighted by molar-refractivity contribution is 5.98. The van der Waals surface area contributed by atoms with Crippen molar-refractivity contribution in [1.29, 1.82) is 0 Å². The fourth-order valence-corrected chi connectivity index (χ4v) is 4.05. The van der Waals surface area contributed by atoms with Crippen molar-refractivity contribution >= 4 is 11.9 Å². The second-order valence-electron chi connectivity index (χ2n) is 7.54. The lowest BCUT2D eigenvalue weighted by molar-refractivity contribution is -0.161. The molecule has 0 radical (unpaired) electrons. The van der Waals surface area contributed by atoms with E-state index in [-0.39, 0.29) is 31.8 Å². The number of benzene rings is 2. The van der Waals surface area contributed by atoms with Gasteiger partial charge in [0.25, 0.3) is 5.91 Å². The summed E-state index contributed by atoms with van der Waals surface area (Å²) < 4.78 is 1.64. The summed E-state index contributed by atoms with van der Waals surface area (Å²) in [6, 6.07) is 16.2. The molecule has 2 aromatic carbocycles. The number of likely N-dealkylation sites (tertiary alicyclic amines) is 1. The van der Waals surface area contributed by atoms with Gasteiger partial charge >= 0.3 is 5.97 Å². The van der Waals surface area contributed by atoms with Crippen molar-refractivity contribution in [2.24, 2.45) is 5.41 Å². The number of rotatable bonds is 5. The van der Waals surface area contributed by atoms with Gasteiger partial charge in [-0.3, -0.25) is 14.2 Å². The van der Waals surface area contributed by atoms with Crippen molar-refractivity contribution in [3.05, 3.63) is 78.4 Å². The minimum Gasteiger partial charge on any atom is -0.481 e. The summed E-state index contributed by atoms with van der Waals surface area (Å²) in [7, 11) is 0. The number of hydrogen-bond acceptors (Lipinski definition) is 5. The molecule has 4 rings (SSSR count). The lowest BCUT2D eigenvalue weighted by Crippen LogP contribution is -2.58. The van der Waals surface area contributed by atoms with Crippen LogP contribution in [0.15, 0.2) is 67.3 Å². The molecule has 2 atom stereocenters. The number of aromatic nitrogens is 3. The van der Waals surface area contributed by atoms with Crippen LogP contribution in [0.3, 0.4) is 0 Å². The number of hydrogen-bond donors (Lipinski definition) is 2. The number of carboxylic acids is 1. The summed E-state index contributed by atoms with van der Waals surface area (Å²) in [6.45, 7) is 0.202. The van der Waals surface area contributed by atoms with Crippen LogP contribution in [-0.2, 0) is 11.2 Å². The van der Waals surface area contributed by atoms with Crippen LogP contribution in [0, 0.1) is 5.41 Å². The molecular weight excluding hydrogens is 384 g/mol. The van der Waals surface area contributed by atoms with Crippen molar-refractivity contribution in [2.75, 3.05) is 13.1 Å². The summed E-state index contributed by atoms with van der Waals surface area (Å²) in [6.07, 6.45) is 2.29. The smallest absolute Gasteiger partial charge is 0.314 e. The number of carbonyl (C=O) groups is 2. The largest absolute Gasteiger partial charge is 0.481 e. The minimum atomic E-state index is -1.47. The Bertz CT molecular complexity index is 1040. The molecule has 2 N–H and O–H groups in total. The highest BCUT2D eigenvalue weighted by Crippen LogP contribution is 2.35. The van der Waals surface area contributed by atoms with Crippen LogP contribution >= 0.6 is 0 Å². The Labute approximate surface area is 173 Å². The summed E-state index contributed by atoms with van der Waals surface area (Å²) >= 11 is 0. The van der Waals surface area contributed by atoms with Gasteiger partial charge in [-0.2, -0.15) is 0 Å². The molecule has 1 aliphatic rings. The third kappa shape index (κ3) is 3.57. The normalized spacial score (nSPS) is 21.4. The molecule has 3 aromatic rings. The SMILES string of the molecule is O=C(c1ccccc1-n1cnnc1)N1CC[C@H](O)[C@@](Cc2ccccc2)(C(=O)O)C1. The number of para-hydroxylation sites is 1. The summed E-state index contributed by atoms with van der Waals surface area (Å²) in [5.74, 6) is -1.40. The zero-order valence-electron chi connectivity index (χ0n) is 16.3. The minimum absolute atomic E-state index is 0.0757. The fourth-order valence-electron chi connectivity index (χ4n) is 4.05. The molecule has 0 aliphatic carbocycles. The van der Waals surface area contributed by atoms with Crippen molar-refractivity contribution in [3.8, 4) is 5.69 Å². The monoisotopic (exact) mass is 406 g/mol. The van der Waals surface area contributed by atoms with E-state index in [9.17, 15) is 19.8 Å². The average molecular weight is 406 g/mol. The van der Waals surface area contributed by atoms with Crippen LogP contribution in [0.25, 0.3) is 5.69 Å². The van der Waals surface area contributed by atoms with Gasteiger partial charge < -0.3 is 15.1 Å². The Morgan fingerprint density at radius 2 is 1.70 bits per heavy atom. The third-order valence-electron chi connectivity index (χ3n) is 5.69. The molecule has 0 unspecified atom stereocenters. The maximum absolute atomic E-state index is 13.4. The Hall–Kier alpha value is -3.52. The van der Waals surface area contributed by atoms with E-state index in [2.05, 4.69) is 10.2 Å². The van der Waals surface area contributed by atoms with Gasteiger partial charge in [0, 0.05) is 13.1 Å². The Morgan fingerprint density at radius 3 is 2.40 bits per heavy atom. The molecule has 1 amide bonds. The highest BCUT2D eigenvalue weighted by Gasteiger charge is 2.50. The first-order chi connectivity index (χ1) is 14.5. The van der Waals surface area contributed by atoms with Gasteiger partial charge in [0.2, 0.25) is 0 Å². The van der Waals surface area contributed by atoms with Crippen LogP contribution in [0.1, 0.15) is 22.3 Å². The van der Waals surface area contributed by atoms with Crippen molar-refractivity contribution in [3.63, 3.8) is 0 Å². The van der Waals surface area contributed by atoms with Crippen LogP contribution < -0.4 is 0 Å². The predicted molar refractivity (Wildman–Crippen MR) is 108 cm³/mol. The van der Waals surface area contributed by atoms with Crippen LogP contribution in [0.2, 0.25) is 0 Å². The molecule has 0 saturated carbocycles. The van der Waals surface area contributed by atoms with E-state index in [1.807, 2.05) is 36.4 Å². The Morgan fingerprint density at radius 1 is 1.03 bits per heavy atom. The highest BCUT2D eigenvalue weighted by atomic mass is 16.4. The molecule has 0 bridgehead atoms. The second kappa shape index (κ2) is 8.08. The molecule has 1 fully saturated rings. The first-order valence-electron chi connectivity index (χ1n) is 9.70. The van der Waals surface area contributed by atoms with E-state index in [4.69, 9.17) is 0 Å². The quantitative estimate of drug-likeness (QED) is 0.669. The maximum atomic E-state index is 13.4. The lowest BCUT2D eigenvalue weighted by atomic mass is 9.72.